The summed E-state index contributed by atoms with van der Waals surface area (Å²) in [6.45, 7) is 2.10. The van der Waals surface area contributed by atoms with Gasteiger partial charge in [0.1, 0.15) is 0 Å². The van der Waals surface area contributed by atoms with Gasteiger partial charge in [0.25, 0.3) is 0 Å². The van der Waals surface area contributed by atoms with Gasteiger partial charge in [-0.2, -0.15) is 0 Å². The van der Waals surface area contributed by atoms with Crippen LogP contribution in [0.15, 0.2) is 24.3 Å². The number of carbonyl (C=O) groups excluding carboxylic acids is 1. The van der Waals surface area contributed by atoms with Gasteiger partial charge in [-0.05, 0) is 19.1 Å². The normalized spacial score (nSPS) is 10.4. The molecule has 0 atom stereocenters. The lowest BCUT2D eigenvalue weighted by molar-refractivity contribution is 0.167. The highest BCUT2D eigenvalue weighted by Gasteiger charge is 2.10. The number of imidazole rings is 1. The average molecular weight is 219 g/mol. The van der Waals surface area contributed by atoms with Gasteiger partial charge in [-0.3, -0.25) is 5.32 Å². The number of hydrogen-bond acceptors (Lipinski definition) is 3. The monoisotopic (exact) mass is 219 g/mol. The van der Waals surface area contributed by atoms with Crippen LogP contribution in [0.2, 0.25) is 0 Å². The number of nitrogens with one attached hydrogen (secondary N) is 1. The smallest absolute Gasteiger partial charge is 0.413 e. The van der Waals surface area contributed by atoms with Crippen LogP contribution < -0.4 is 5.32 Å². The Morgan fingerprint density at radius 2 is 2.25 bits per heavy atom. The molecule has 0 aliphatic carbocycles. The van der Waals surface area contributed by atoms with Crippen molar-refractivity contribution in [3.05, 3.63) is 24.3 Å². The van der Waals surface area contributed by atoms with E-state index < -0.39 is 6.09 Å². The molecule has 0 aliphatic rings. The Morgan fingerprint density at radius 1 is 1.50 bits per heavy atom. The summed E-state index contributed by atoms with van der Waals surface area (Å²) in [6, 6.07) is 7.67. The number of benzene rings is 1. The molecule has 2 rings (SSSR count). The van der Waals surface area contributed by atoms with E-state index >= 15 is 0 Å². The van der Waals surface area contributed by atoms with Gasteiger partial charge in [-0.1, -0.05) is 12.1 Å². The van der Waals surface area contributed by atoms with Crippen molar-refractivity contribution in [1.82, 2.24) is 9.55 Å². The molecule has 0 spiro atoms. The molecular formula is C11H13N3O2. The molecule has 0 unspecified atom stereocenters. The van der Waals surface area contributed by atoms with Gasteiger partial charge in [0.2, 0.25) is 5.95 Å². The molecule has 1 amide bonds. The molecular weight excluding hydrogens is 206 g/mol. The highest BCUT2D eigenvalue weighted by atomic mass is 16.5. The number of anilines is 1. The number of fused-ring (bicyclic) bond motifs is 1. The molecule has 16 heavy (non-hydrogen) atoms. The number of rotatable bonds is 2. The van der Waals surface area contributed by atoms with E-state index in [0.717, 1.165) is 11.0 Å². The van der Waals surface area contributed by atoms with E-state index in [0.29, 0.717) is 12.6 Å². The van der Waals surface area contributed by atoms with E-state index in [4.69, 9.17) is 4.74 Å². The fourth-order valence-electron chi connectivity index (χ4n) is 1.52. The summed E-state index contributed by atoms with van der Waals surface area (Å²) in [4.78, 5) is 15.5. The van der Waals surface area contributed by atoms with Gasteiger partial charge in [-0.15, -0.1) is 0 Å². The molecule has 0 radical (unpaired) electrons. The summed E-state index contributed by atoms with van der Waals surface area (Å²) >= 11 is 0. The van der Waals surface area contributed by atoms with Gasteiger partial charge in [0.15, 0.2) is 0 Å². The van der Waals surface area contributed by atoms with Crippen LogP contribution in [-0.2, 0) is 11.8 Å². The number of aromatic nitrogens is 2. The Labute approximate surface area is 93.0 Å². The van der Waals surface area contributed by atoms with Crippen molar-refractivity contribution in [3.63, 3.8) is 0 Å². The van der Waals surface area contributed by atoms with E-state index in [1.54, 1.807) is 6.92 Å². The van der Waals surface area contributed by atoms with Crippen LogP contribution in [0.4, 0.5) is 10.7 Å². The van der Waals surface area contributed by atoms with Crippen LogP contribution in [0.3, 0.4) is 0 Å². The van der Waals surface area contributed by atoms with E-state index in [1.165, 1.54) is 0 Å². The highest BCUT2D eigenvalue weighted by Crippen LogP contribution is 2.17. The van der Waals surface area contributed by atoms with Crippen molar-refractivity contribution in [3.8, 4) is 0 Å². The zero-order valence-electron chi connectivity index (χ0n) is 9.23. The van der Waals surface area contributed by atoms with Crippen LogP contribution in [-0.4, -0.2) is 22.3 Å². The van der Waals surface area contributed by atoms with E-state index in [9.17, 15) is 4.79 Å². The van der Waals surface area contributed by atoms with Crippen LogP contribution in [0.25, 0.3) is 11.0 Å². The largest absolute Gasteiger partial charge is 0.450 e. The van der Waals surface area contributed by atoms with Gasteiger partial charge in [0, 0.05) is 7.05 Å². The molecule has 0 fully saturated rings. The zero-order valence-corrected chi connectivity index (χ0v) is 9.23. The second-order valence-electron chi connectivity index (χ2n) is 3.33. The third-order valence-electron chi connectivity index (χ3n) is 2.28. The van der Waals surface area contributed by atoms with Crippen LogP contribution in [0.1, 0.15) is 6.92 Å². The lowest BCUT2D eigenvalue weighted by Gasteiger charge is -2.04. The van der Waals surface area contributed by atoms with Gasteiger partial charge in [0.05, 0.1) is 17.6 Å². The molecule has 1 aromatic heterocycles. The maximum absolute atomic E-state index is 11.3. The standard InChI is InChI=1S/C11H13N3O2/c1-3-16-11(15)13-10-12-8-6-4-5-7-9(8)14(10)2/h4-7H,3H2,1-2H3,(H,12,13,15). The molecule has 1 aromatic carbocycles. The van der Waals surface area contributed by atoms with E-state index in [-0.39, 0.29) is 0 Å². The molecule has 5 heteroatoms. The molecule has 5 nitrogen and oxygen atoms in total. The number of para-hydroxylation sites is 2. The van der Waals surface area contributed by atoms with Crippen molar-refractivity contribution in [2.24, 2.45) is 7.05 Å². The molecule has 2 aromatic rings. The quantitative estimate of drug-likeness (QED) is 0.841. The van der Waals surface area contributed by atoms with Gasteiger partial charge >= 0.3 is 6.09 Å². The Balaban J connectivity index is 2.31. The van der Waals surface area contributed by atoms with Crippen molar-refractivity contribution in [2.75, 3.05) is 11.9 Å². The van der Waals surface area contributed by atoms with Gasteiger partial charge < -0.3 is 9.30 Å². The van der Waals surface area contributed by atoms with Gasteiger partial charge in [-0.25, -0.2) is 9.78 Å². The molecule has 84 valence electrons. The maximum atomic E-state index is 11.3. The summed E-state index contributed by atoms with van der Waals surface area (Å²) < 4.78 is 6.61. The summed E-state index contributed by atoms with van der Waals surface area (Å²) in [6.07, 6.45) is -0.485. The Morgan fingerprint density at radius 3 is 2.94 bits per heavy atom. The predicted octanol–water partition coefficient (Wildman–Crippen LogP) is 2.14. The zero-order chi connectivity index (χ0) is 11.5. The SMILES string of the molecule is CCOC(=O)Nc1nc2ccccc2n1C. The fraction of sp³-hybridized carbons (Fsp3) is 0.273. The van der Waals surface area contributed by atoms with Crippen molar-refractivity contribution in [1.29, 1.82) is 0 Å². The second kappa shape index (κ2) is 4.22. The molecule has 0 saturated carbocycles. The number of hydrogen-bond donors (Lipinski definition) is 1. The van der Waals surface area contributed by atoms with E-state index in [1.807, 2.05) is 35.9 Å². The number of aryl methyl sites for hydroxylation is 1. The van der Waals surface area contributed by atoms with Crippen molar-refractivity contribution >= 4 is 23.1 Å². The van der Waals surface area contributed by atoms with Crippen LogP contribution in [0, 0.1) is 0 Å². The minimum absolute atomic E-state index is 0.343. The highest BCUT2D eigenvalue weighted by molar-refractivity contribution is 5.86. The molecule has 0 bridgehead atoms. The first-order valence-electron chi connectivity index (χ1n) is 5.07. The summed E-state index contributed by atoms with van der Waals surface area (Å²) in [5.41, 5.74) is 1.81. The fourth-order valence-corrected chi connectivity index (χ4v) is 1.52. The van der Waals surface area contributed by atoms with Crippen molar-refractivity contribution < 1.29 is 9.53 Å². The lowest BCUT2D eigenvalue weighted by atomic mass is 10.3. The number of nitrogens with zero attached hydrogens (tertiary/aromatic N) is 2. The third kappa shape index (κ3) is 1.84. The Hall–Kier alpha value is -2.04. The third-order valence-corrected chi connectivity index (χ3v) is 2.28. The van der Waals surface area contributed by atoms with E-state index in [2.05, 4.69) is 10.3 Å². The molecule has 0 saturated heterocycles. The molecule has 1 heterocycles. The maximum Gasteiger partial charge on any atom is 0.413 e. The summed E-state index contributed by atoms with van der Waals surface area (Å²) in [5, 5.41) is 2.59. The first-order valence-corrected chi connectivity index (χ1v) is 5.07. The Bertz CT molecular complexity index is 519. The Kier molecular flexibility index (Phi) is 2.76. The summed E-state index contributed by atoms with van der Waals surface area (Å²) in [7, 11) is 1.84. The number of amides is 1. The first-order chi connectivity index (χ1) is 7.72. The minimum Gasteiger partial charge on any atom is -0.450 e. The predicted molar refractivity (Wildman–Crippen MR) is 61.4 cm³/mol. The number of ether oxygens (including phenoxy) is 1. The topological polar surface area (TPSA) is 56.1 Å². The average Bonchev–Trinajstić information content (AvgIpc) is 2.57. The first kappa shape index (κ1) is 10.5. The summed E-state index contributed by atoms with van der Waals surface area (Å²) in [5.74, 6) is 0.486. The lowest BCUT2D eigenvalue weighted by Crippen LogP contribution is -2.16. The molecule has 1 N–H and O–H groups in total. The molecule has 0 aliphatic heterocycles. The minimum atomic E-state index is -0.485. The second-order valence-corrected chi connectivity index (χ2v) is 3.33. The number of carbonyl (C=O) groups is 1. The van der Waals surface area contributed by atoms with Crippen LogP contribution >= 0.6 is 0 Å². The van der Waals surface area contributed by atoms with Crippen molar-refractivity contribution in [2.45, 2.75) is 6.92 Å². The van der Waals surface area contributed by atoms with Crippen LogP contribution in [0.5, 0.6) is 0 Å².